The van der Waals surface area contributed by atoms with Crippen LogP contribution in [0.25, 0.3) is 0 Å². The third kappa shape index (κ3) is 4.51. The van der Waals surface area contributed by atoms with Gasteiger partial charge in [-0.2, -0.15) is 0 Å². The van der Waals surface area contributed by atoms with E-state index in [1.807, 2.05) is 25.2 Å². The van der Waals surface area contributed by atoms with Gasteiger partial charge >= 0.3 is 0 Å². The molecule has 0 saturated carbocycles. The summed E-state index contributed by atoms with van der Waals surface area (Å²) in [5.74, 6) is 0.764. The highest BCUT2D eigenvalue weighted by Gasteiger charge is 2.08. The number of nitrogens with one attached hydrogen (secondary N) is 1. The Morgan fingerprint density at radius 3 is 2.87 bits per heavy atom. The Morgan fingerprint density at radius 2 is 2.27 bits per heavy atom. The Balaban J connectivity index is 2.56. The molecule has 0 aliphatic carbocycles. The second kappa shape index (κ2) is 6.67. The van der Waals surface area contributed by atoms with Crippen molar-refractivity contribution in [2.45, 2.75) is 6.10 Å². The van der Waals surface area contributed by atoms with Crippen molar-refractivity contribution >= 4 is 11.6 Å². The summed E-state index contributed by atoms with van der Waals surface area (Å²) < 4.78 is 10.8. The van der Waals surface area contributed by atoms with E-state index in [4.69, 9.17) is 21.1 Å². The Bertz CT molecular complexity index is 288. The first kappa shape index (κ1) is 12.3. The molecule has 1 rings (SSSR count). The van der Waals surface area contributed by atoms with Gasteiger partial charge in [0.2, 0.25) is 0 Å². The smallest absolute Gasteiger partial charge is 0.134 e. The van der Waals surface area contributed by atoms with E-state index < -0.39 is 0 Å². The van der Waals surface area contributed by atoms with E-state index in [-0.39, 0.29) is 6.10 Å². The molecule has 1 unspecified atom stereocenters. The standard InChI is InChI=1S/C11H16ClNO2/c1-13-7-11(8-14-2)15-10-5-3-4-9(12)6-10/h3-6,11,13H,7-8H2,1-2H3. The van der Waals surface area contributed by atoms with Gasteiger partial charge in [-0.25, -0.2) is 0 Å². The molecule has 1 N–H and O–H groups in total. The fraction of sp³-hybridized carbons (Fsp3) is 0.455. The summed E-state index contributed by atoms with van der Waals surface area (Å²) in [5, 5.41) is 3.72. The number of ether oxygens (including phenoxy) is 2. The van der Waals surface area contributed by atoms with Gasteiger partial charge in [0.25, 0.3) is 0 Å². The van der Waals surface area contributed by atoms with Gasteiger partial charge in [0, 0.05) is 18.7 Å². The van der Waals surface area contributed by atoms with E-state index in [9.17, 15) is 0 Å². The first-order valence-electron chi connectivity index (χ1n) is 4.82. The van der Waals surface area contributed by atoms with Crippen molar-refractivity contribution in [2.75, 3.05) is 27.3 Å². The molecule has 0 saturated heterocycles. The van der Waals surface area contributed by atoms with Crippen LogP contribution in [0.5, 0.6) is 5.75 Å². The van der Waals surface area contributed by atoms with Crippen molar-refractivity contribution in [3.63, 3.8) is 0 Å². The predicted molar refractivity (Wildman–Crippen MR) is 61.7 cm³/mol. The largest absolute Gasteiger partial charge is 0.487 e. The molecular formula is C11H16ClNO2. The van der Waals surface area contributed by atoms with Gasteiger partial charge in [0.15, 0.2) is 0 Å². The molecule has 1 aromatic carbocycles. The highest BCUT2D eigenvalue weighted by atomic mass is 35.5. The highest BCUT2D eigenvalue weighted by molar-refractivity contribution is 6.30. The molecule has 4 heteroatoms. The molecule has 1 aromatic rings. The normalized spacial score (nSPS) is 12.5. The molecule has 0 spiro atoms. The molecule has 0 aliphatic rings. The maximum absolute atomic E-state index is 5.86. The summed E-state index contributed by atoms with van der Waals surface area (Å²) in [5.41, 5.74) is 0. The number of methoxy groups -OCH3 is 1. The SMILES string of the molecule is CNCC(COC)Oc1cccc(Cl)c1. The van der Waals surface area contributed by atoms with E-state index in [0.717, 1.165) is 12.3 Å². The van der Waals surface area contributed by atoms with Gasteiger partial charge in [-0.3, -0.25) is 0 Å². The third-order valence-corrected chi connectivity index (χ3v) is 2.12. The molecule has 84 valence electrons. The molecule has 0 aliphatic heterocycles. The molecule has 15 heavy (non-hydrogen) atoms. The van der Waals surface area contributed by atoms with Gasteiger partial charge in [0.05, 0.1) is 6.61 Å². The lowest BCUT2D eigenvalue weighted by molar-refractivity contribution is 0.0818. The maximum atomic E-state index is 5.86. The van der Waals surface area contributed by atoms with Crippen LogP contribution in [0.15, 0.2) is 24.3 Å². The van der Waals surface area contributed by atoms with Crippen LogP contribution in [0.4, 0.5) is 0 Å². The van der Waals surface area contributed by atoms with E-state index in [0.29, 0.717) is 11.6 Å². The minimum absolute atomic E-state index is 0.00142. The van der Waals surface area contributed by atoms with Crippen LogP contribution in [0.3, 0.4) is 0 Å². The lowest BCUT2D eigenvalue weighted by Crippen LogP contribution is -2.33. The van der Waals surface area contributed by atoms with Crippen LogP contribution in [0.2, 0.25) is 5.02 Å². The van der Waals surface area contributed by atoms with Crippen molar-refractivity contribution in [1.29, 1.82) is 0 Å². The molecule has 0 bridgehead atoms. The zero-order valence-electron chi connectivity index (χ0n) is 9.00. The van der Waals surface area contributed by atoms with Gasteiger partial charge in [0.1, 0.15) is 11.9 Å². The summed E-state index contributed by atoms with van der Waals surface area (Å²) in [6, 6.07) is 7.35. The number of hydrogen-bond donors (Lipinski definition) is 1. The maximum Gasteiger partial charge on any atom is 0.134 e. The van der Waals surface area contributed by atoms with Gasteiger partial charge in [-0.05, 0) is 25.2 Å². The van der Waals surface area contributed by atoms with E-state index in [1.165, 1.54) is 0 Å². The second-order valence-electron chi connectivity index (χ2n) is 3.21. The Kier molecular flexibility index (Phi) is 5.47. The van der Waals surface area contributed by atoms with Crippen molar-refractivity contribution in [3.8, 4) is 5.75 Å². The number of likely N-dealkylation sites (N-methyl/N-ethyl adjacent to an activating group) is 1. The van der Waals surface area contributed by atoms with Crippen LogP contribution < -0.4 is 10.1 Å². The quantitative estimate of drug-likeness (QED) is 0.809. The predicted octanol–water partition coefficient (Wildman–Crippen LogP) is 1.95. The van der Waals surface area contributed by atoms with Crippen LogP contribution in [-0.2, 0) is 4.74 Å². The van der Waals surface area contributed by atoms with E-state index in [2.05, 4.69) is 5.32 Å². The average Bonchev–Trinajstić information content (AvgIpc) is 2.18. The highest BCUT2D eigenvalue weighted by Crippen LogP contribution is 2.18. The molecule has 0 heterocycles. The minimum atomic E-state index is -0.00142. The van der Waals surface area contributed by atoms with Crippen molar-refractivity contribution in [2.24, 2.45) is 0 Å². The molecule has 0 fully saturated rings. The Labute approximate surface area is 95.3 Å². The Hall–Kier alpha value is -0.770. The van der Waals surface area contributed by atoms with Gasteiger partial charge < -0.3 is 14.8 Å². The monoisotopic (exact) mass is 229 g/mol. The first-order valence-corrected chi connectivity index (χ1v) is 5.20. The summed E-state index contributed by atoms with van der Waals surface area (Å²) in [7, 11) is 3.54. The van der Waals surface area contributed by atoms with Crippen molar-refractivity contribution in [3.05, 3.63) is 29.3 Å². The third-order valence-electron chi connectivity index (χ3n) is 1.88. The number of benzene rings is 1. The Morgan fingerprint density at radius 1 is 1.47 bits per heavy atom. The van der Waals surface area contributed by atoms with Crippen molar-refractivity contribution in [1.82, 2.24) is 5.32 Å². The number of rotatable bonds is 6. The van der Waals surface area contributed by atoms with E-state index >= 15 is 0 Å². The van der Waals surface area contributed by atoms with Crippen LogP contribution in [0, 0.1) is 0 Å². The average molecular weight is 230 g/mol. The first-order chi connectivity index (χ1) is 7.26. The van der Waals surface area contributed by atoms with Crippen LogP contribution >= 0.6 is 11.6 Å². The summed E-state index contributed by atoms with van der Waals surface area (Å²) in [6.45, 7) is 1.29. The summed E-state index contributed by atoms with van der Waals surface area (Å²) >= 11 is 5.86. The number of halogens is 1. The van der Waals surface area contributed by atoms with Crippen molar-refractivity contribution < 1.29 is 9.47 Å². The second-order valence-corrected chi connectivity index (χ2v) is 3.65. The molecule has 1 atom stereocenters. The lowest BCUT2D eigenvalue weighted by Gasteiger charge is -2.18. The summed E-state index contributed by atoms with van der Waals surface area (Å²) in [6.07, 6.45) is -0.00142. The fourth-order valence-electron chi connectivity index (χ4n) is 1.28. The molecular weight excluding hydrogens is 214 g/mol. The minimum Gasteiger partial charge on any atom is -0.487 e. The molecule has 0 amide bonds. The molecule has 3 nitrogen and oxygen atoms in total. The molecule has 0 radical (unpaired) electrons. The van der Waals surface area contributed by atoms with Crippen LogP contribution in [-0.4, -0.2) is 33.4 Å². The molecule has 0 aromatic heterocycles. The zero-order chi connectivity index (χ0) is 11.1. The van der Waals surface area contributed by atoms with E-state index in [1.54, 1.807) is 13.2 Å². The summed E-state index contributed by atoms with van der Waals surface area (Å²) in [4.78, 5) is 0. The van der Waals surface area contributed by atoms with Gasteiger partial charge in [-0.1, -0.05) is 17.7 Å². The fourth-order valence-corrected chi connectivity index (χ4v) is 1.46. The lowest BCUT2D eigenvalue weighted by atomic mass is 10.3. The topological polar surface area (TPSA) is 30.5 Å². The van der Waals surface area contributed by atoms with Gasteiger partial charge in [-0.15, -0.1) is 0 Å². The zero-order valence-corrected chi connectivity index (χ0v) is 9.75. The number of hydrogen-bond acceptors (Lipinski definition) is 3. The van der Waals surface area contributed by atoms with Crippen LogP contribution in [0.1, 0.15) is 0 Å².